The van der Waals surface area contributed by atoms with E-state index in [0.29, 0.717) is 10.4 Å². The molecule has 0 bridgehead atoms. The number of nitrogen functional groups attached to an aromatic ring is 1. The summed E-state index contributed by atoms with van der Waals surface area (Å²) in [4.78, 5) is 13.9. The van der Waals surface area contributed by atoms with Crippen LogP contribution >= 0.6 is 11.3 Å². The summed E-state index contributed by atoms with van der Waals surface area (Å²) in [5, 5.41) is 14.6. The Balaban J connectivity index is 1.68. The van der Waals surface area contributed by atoms with Gasteiger partial charge in [0.2, 0.25) is 11.7 Å². The lowest BCUT2D eigenvalue weighted by molar-refractivity contribution is 0.104. The highest BCUT2D eigenvalue weighted by atomic mass is 32.1. The normalized spacial score (nSPS) is 11.1. The Hall–Kier alpha value is -3.90. The fraction of sp³-hybridized carbons (Fsp3) is 0. The van der Waals surface area contributed by atoms with Gasteiger partial charge in [-0.2, -0.15) is 0 Å². The van der Waals surface area contributed by atoms with E-state index in [9.17, 15) is 9.90 Å². The highest BCUT2D eigenvalue weighted by molar-refractivity contribution is 7.21. The zero-order valence-electron chi connectivity index (χ0n) is 15.7. The Bertz CT molecular complexity index is 1370. The molecule has 0 atom stereocenters. The first kappa shape index (κ1) is 18.1. The quantitative estimate of drug-likeness (QED) is 0.367. The number of ketones is 1. The minimum atomic E-state index is -0.0429. The van der Waals surface area contributed by atoms with Crippen LogP contribution in [-0.2, 0) is 0 Å². The molecule has 2 aromatic heterocycles. The monoisotopic (exact) mass is 412 g/mol. The second kappa shape index (κ2) is 7.17. The maximum Gasteiger partial charge on any atom is 0.229 e. The summed E-state index contributed by atoms with van der Waals surface area (Å²) < 4.78 is 5.81. The molecule has 0 amide bonds. The molecule has 5 aromatic rings. The molecule has 0 fully saturated rings. The molecular weight excluding hydrogens is 396 g/mol. The SMILES string of the molecule is Nc1oncc1-c1ccc(-c2c(C(=O)c3ccccc3)sc3cc(O)ccc23)cc1. The number of aromatic nitrogens is 1. The third-order valence-electron chi connectivity index (χ3n) is 5.00. The van der Waals surface area contributed by atoms with Crippen molar-refractivity contribution in [1.82, 2.24) is 5.16 Å². The number of phenols is 1. The number of anilines is 1. The number of nitrogens with two attached hydrogens (primary N) is 1. The zero-order valence-corrected chi connectivity index (χ0v) is 16.5. The van der Waals surface area contributed by atoms with Gasteiger partial charge in [0.1, 0.15) is 5.75 Å². The maximum absolute atomic E-state index is 13.3. The summed E-state index contributed by atoms with van der Waals surface area (Å²) in [6.07, 6.45) is 1.58. The standard InChI is InChI=1S/C24H16N2O3S/c25-24-19(13-26-29-24)14-6-8-15(9-7-14)21-18-11-10-17(27)12-20(18)30-23(21)22(28)16-4-2-1-3-5-16/h1-13,27H,25H2. The molecule has 0 saturated carbocycles. The van der Waals surface area contributed by atoms with Gasteiger partial charge in [0.25, 0.3) is 0 Å². The van der Waals surface area contributed by atoms with E-state index in [-0.39, 0.29) is 17.4 Å². The Morgan fingerprint density at radius 2 is 1.70 bits per heavy atom. The summed E-state index contributed by atoms with van der Waals surface area (Å²) in [5.41, 5.74) is 9.82. The smallest absolute Gasteiger partial charge is 0.229 e. The number of carbonyl (C=O) groups excluding carboxylic acids is 1. The van der Waals surface area contributed by atoms with Crippen molar-refractivity contribution in [2.24, 2.45) is 0 Å². The highest BCUT2D eigenvalue weighted by Crippen LogP contribution is 2.41. The average Bonchev–Trinajstić information content (AvgIpc) is 3.37. The van der Waals surface area contributed by atoms with E-state index in [1.165, 1.54) is 11.3 Å². The average molecular weight is 412 g/mol. The molecule has 0 radical (unpaired) electrons. The topological polar surface area (TPSA) is 89.4 Å². The van der Waals surface area contributed by atoms with Crippen molar-refractivity contribution < 1.29 is 14.4 Å². The van der Waals surface area contributed by atoms with E-state index in [4.69, 9.17) is 10.3 Å². The van der Waals surface area contributed by atoms with Crippen molar-refractivity contribution in [3.63, 3.8) is 0 Å². The first-order valence-electron chi connectivity index (χ1n) is 9.28. The van der Waals surface area contributed by atoms with Crippen LogP contribution in [0.5, 0.6) is 5.75 Å². The van der Waals surface area contributed by atoms with Crippen molar-refractivity contribution in [2.75, 3.05) is 5.73 Å². The molecule has 2 heterocycles. The Morgan fingerprint density at radius 1 is 0.967 bits per heavy atom. The first-order valence-corrected chi connectivity index (χ1v) is 10.1. The van der Waals surface area contributed by atoms with Gasteiger partial charge in [-0.15, -0.1) is 11.3 Å². The Labute approximate surface area is 176 Å². The van der Waals surface area contributed by atoms with Crippen molar-refractivity contribution in [3.8, 4) is 28.0 Å². The van der Waals surface area contributed by atoms with Crippen molar-refractivity contribution >= 4 is 33.1 Å². The van der Waals surface area contributed by atoms with Gasteiger partial charge in [-0.1, -0.05) is 59.8 Å². The number of phenolic OH excluding ortho intramolecular Hbond substituents is 1. The number of fused-ring (bicyclic) bond motifs is 1. The molecule has 5 nitrogen and oxygen atoms in total. The molecule has 0 aliphatic carbocycles. The molecule has 0 aliphatic rings. The number of nitrogens with zero attached hydrogens (tertiary/aromatic N) is 1. The van der Waals surface area contributed by atoms with Gasteiger partial charge >= 0.3 is 0 Å². The zero-order chi connectivity index (χ0) is 20.7. The number of hydrogen-bond acceptors (Lipinski definition) is 6. The summed E-state index contributed by atoms with van der Waals surface area (Å²) in [6, 6.07) is 22.2. The molecular formula is C24H16N2O3S. The fourth-order valence-electron chi connectivity index (χ4n) is 3.53. The molecule has 0 unspecified atom stereocenters. The Kier molecular flexibility index (Phi) is 4.34. The minimum absolute atomic E-state index is 0.0429. The number of carbonyl (C=O) groups is 1. The van der Waals surface area contributed by atoms with Crippen molar-refractivity contribution in [2.45, 2.75) is 0 Å². The third kappa shape index (κ3) is 3.03. The lowest BCUT2D eigenvalue weighted by atomic mass is 9.96. The van der Waals surface area contributed by atoms with Crippen LogP contribution in [0.25, 0.3) is 32.3 Å². The van der Waals surface area contributed by atoms with Gasteiger partial charge in [0, 0.05) is 21.2 Å². The molecule has 6 heteroatoms. The van der Waals surface area contributed by atoms with Crippen LogP contribution in [0.1, 0.15) is 15.2 Å². The number of hydrogen-bond donors (Lipinski definition) is 2. The van der Waals surface area contributed by atoms with Crippen LogP contribution in [-0.4, -0.2) is 16.0 Å². The molecule has 5 rings (SSSR count). The summed E-state index contributed by atoms with van der Waals surface area (Å²) >= 11 is 1.39. The van der Waals surface area contributed by atoms with Crippen LogP contribution in [0.15, 0.2) is 83.5 Å². The number of aromatic hydroxyl groups is 1. The van der Waals surface area contributed by atoms with Crippen LogP contribution in [0.2, 0.25) is 0 Å². The molecule has 30 heavy (non-hydrogen) atoms. The van der Waals surface area contributed by atoms with Crippen LogP contribution in [0, 0.1) is 0 Å². The predicted octanol–water partition coefficient (Wildman–Crippen LogP) is 5.74. The molecule has 3 aromatic carbocycles. The minimum Gasteiger partial charge on any atom is -0.508 e. The predicted molar refractivity (Wildman–Crippen MR) is 119 cm³/mol. The molecule has 146 valence electrons. The van der Waals surface area contributed by atoms with E-state index < -0.39 is 0 Å². The first-order chi connectivity index (χ1) is 14.6. The molecule has 3 N–H and O–H groups in total. The fourth-order valence-corrected chi connectivity index (χ4v) is 4.75. The van der Waals surface area contributed by atoms with Crippen molar-refractivity contribution in [1.29, 1.82) is 0 Å². The second-order valence-corrected chi connectivity index (χ2v) is 7.92. The van der Waals surface area contributed by atoms with E-state index in [1.54, 1.807) is 18.3 Å². The van der Waals surface area contributed by atoms with Gasteiger partial charge in [0.15, 0.2) is 0 Å². The van der Waals surface area contributed by atoms with E-state index in [1.807, 2.05) is 60.7 Å². The summed E-state index contributed by atoms with van der Waals surface area (Å²) in [7, 11) is 0. The van der Waals surface area contributed by atoms with Gasteiger partial charge in [-0.05, 0) is 29.3 Å². The highest BCUT2D eigenvalue weighted by Gasteiger charge is 2.21. The van der Waals surface area contributed by atoms with Crippen molar-refractivity contribution in [3.05, 3.63) is 89.4 Å². The summed E-state index contributed by atoms with van der Waals surface area (Å²) in [6.45, 7) is 0. The van der Waals surface area contributed by atoms with Gasteiger partial charge < -0.3 is 15.4 Å². The lowest BCUT2D eigenvalue weighted by Gasteiger charge is -2.07. The van der Waals surface area contributed by atoms with Gasteiger partial charge in [-0.3, -0.25) is 4.79 Å². The maximum atomic E-state index is 13.3. The largest absolute Gasteiger partial charge is 0.508 e. The second-order valence-electron chi connectivity index (χ2n) is 6.86. The number of benzene rings is 3. The number of rotatable bonds is 4. The number of thiophene rings is 1. The van der Waals surface area contributed by atoms with Crippen LogP contribution < -0.4 is 5.73 Å². The molecule has 0 saturated heterocycles. The van der Waals surface area contributed by atoms with E-state index >= 15 is 0 Å². The van der Waals surface area contributed by atoms with E-state index in [2.05, 4.69) is 5.16 Å². The lowest BCUT2D eigenvalue weighted by Crippen LogP contribution is -2.00. The third-order valence-corrected chi connectivity index (χ3v) is 6.15. The summed E-state index contributed by atoms with van der Waals surface area (Å²) in [5.74, 6) is 0.394. The molecule has 0 aliphatic heterocycles. The van der Waals surface area contributed by atoms with Gasteiger partial charge in [-0.25, -0.2) is 0 Å². The van der Waals surface area contributed by atoms with Crippen LogP contribution in [0.3, 0.4) is 0 Å². The van der Waals surface area contributed by atoms with Crippen LogP contribution in [0.4, 0.5) is 5.88 Å². The Morgan fingerprint density at radius 3 is 2.40 bits per heavy atom. The van der Waals surface area contributed by atoms with E-state index in [0.717, 1.165) is 32.3 Å². The molecule has 0 spiro atoms. The van der Waals surface area contributed by atoms with Gasteiger partial charge in [0.05, 0.1) is 16.6 Å².